The van der Waals surface area contributed by atoms with Crippen molar-refractivity contribution in [2.45, 2.75) is 25.2 Å². The number of rotatable bonds is 2. The molecule has 5 nitrogen and oxygen atoms in total. The van der Waals surface area contributed by atoms with E-state index in [0.29, 0.717) is 32.8 Å². The average Bonchev–Trinajstić information content (AvgIpc) is 3.26. The Labute approximate surface area is 142 Å². The Morgan fingerprint density at radius 1 is 1.21 bits per heavy atom. The molecule has 1 spiro atoms. The van der Waals surface area contributed by atoms with Gasteiger partial charge in [-0.1, -0.05) is 30.3 Å². The highest BCUT2D eigenvalue weighted by molar-refractivity contribution is 5.87. The molecule has 1 N–H and O–H groups in total. The van der Waals surface area contributed by atoms with Gasteiger partial charge in [0.15, 0.2) is 0 Å². The summed E-state index contributed by atoms with van der Waals surface area (Å²) in [5, 5.41) is 3.07. The minimum atomic E-state index is -0.357. The van der Waals surface area contributed by atoms with E-state index < -0.39 is 0 Å². The van der Waals surface area contributed by atoms with Gasteiger partial charge in [0.1, 0.15) is 0 Å². The van der Waals surface area contributed by atoms with Crippen LogP contribution in [0.15, 0.2) is 30.3 Å². The van der Waals surface area contributed by atoms with Crippen molar-refractivity contribution in [1.82, 2.24) is 10.2 Å². The summed E-state index contributed by atoms with van der Waals surface area (Å²) in [6.07, 6.45) is 2.32. The summed E-state index contributed by atoms with van der Waals surface area (Å²) in [5.74, 6) is 0.587. The standard InChI is InChI=1S/C19H24N2O3/c22-17(15-6-11-24-13-15)21-9-7-19(8-10-21)16(12-20-18(19)23)14-4-2-1-3-5-14/h1-5,15-16H,6-13H2,(H,20,23)/t15-,16-/m0/s1. The van der Waals surface area contributed by atoms with Crippen LogP contribution < -0.4 is 5.32 Å². The molecule has 0 bridgehead atoms. The molecule has 1 aromatic rings. The molecular weight excluding hydrogens is 304 g/mol. The highest BCUT2D eigenvalue weighted by atomic mass is 16.5. The van der Waals surface area contributed by atoms with Crippen molar-refractivity contribution in [2.24, 2.45) is 11.3 Å². The number of hydrogen-bond donors (Lipinski definition) is 1. The largest absolute Gasteiger partial charge is 0.381 e. The zero-order chi connectivity index (χ0) is 16.6. The molecule has 3 saturated heterocycles. The van der Waals surface area contributed by atoms with Crippen LogP contribution in [0.1, 0.15) is 30.7 Å². The molecule has 2 atom stereocenters. The van der Waals surface area contributed by atoms with E-state index >= 15 is 0 Å². The van der Waals surface area contributed by atoms with E-state index in [1.807, 2.05) is 23.1 Å². The van der Waals surface area contributed by atoms with Gasteiger partial charge in [0.2, 0.25) is 11.8 Å². The molecule has 0 unspecified atom stereocenters. The maximum Gasteiger partial charge on any atom is 0.228 e. The average molecular weight is 328 g/mol. The van der Waals surface area contributed by atoms with Gasteiger partial charge in [0, 0.05) is 32.2 Å². The SMILES string of the molecule is O=C([C@H]1CCOC1)N1CCC2(CC1)C(=O)NC[C@H]2c1ccccc1. The maximum atomic E-state index is 12.6. The molecule has 0 radical (unpaired) electrons. The first-order valence-electron chi connectivity index (χ1n) is 8.90. The Bertz CT molecular complexity index is 617. The predicted molar refractivity (Wildman–Crippen MR) is 89.4 cm³/mol. The van der Waals surface area contributed by atoms with Crippen molar-refractivity contribution in [3.63, 3.8) is 0 Å². The van der Waals surface area contributed by atoms with E-state index in [-0.39, 0.29) is 29.1 Å². The van der Waals surface area contributed by atoms with Gasteiger partial charge in [-0.3, -0.25) is 9.59 Å². The van der Waals surface area contributed by atoms with Crippen molar-refractivity contribution in [2.75, 3.05) is 32.8 Å². The number of ether oxygens (including phenoxy) is 1. The van der Waals surface area contributed by atoms with E-state index in [4.69, 9.17) is 4.74 Å². The van der Waals surface area contributed by atoms with Gasteiger partial charge in [0.25, 0.3) is 0 Å². The highest BCUT2D eigenvalue weighted by Crippen LogP contribution is 2.47. The molecule has 0 aliphatic carbocycles. The first kappa shape index (κ1) is 15.6. The summed E-state index contributed by atoms with van der Waals surface area (Å²) in [4.78, 5) is 27.2. The summed E-state index contributed by atoms with van der Waals surface area (Å²) in [6.45, 7) is 3.28. The third-order valence-electron chi connectivity index (χ3n) is 6.03. The first-order chi connectivity index (χ1) is 11.7. The molecule has 3 aliphatic rings. The second kappa shape index (κ2) is 6.20. The molecule has 0 saturated carbocycles. The lowest BCUT2D eigenvalue weighted by Crippen LogP contribution is -2.49. The zero-order valence-electron chi connectivity index (χ0n) is 13.9. The van der Waals surface area contributed by atoms with Crippen LogP contribution in [0.5, 0.6) is 0 Å². The van der Waals surface area contributed by atoms with Crippen LogP contribution in [0.3, 0.4) is 0 Å². The Morgan fingerprint density at radius 2 is 1.96 bits per heavy atom. The molecule has 3 heterocycles. The topological polar surface area (TPSA) is 58.6 Å². The van der Waals surface area contributed by atoms with Crippen LogP contribution >= 0.6 is 0 Å². The quantitative estimate of drug-likeness (QED) is 0.896. The van der Waals surface area contributed by atoms with E-state index in [1.165, 1.54) is 5.56 Å². The predicted octanol–water partition coefficient (Wildman–Crippen LogP) is 1.55. The first-order valence-corrected chi connectivity index (χ1v) is 8.90. The third kappa shape index (κ3) is 2.51. The fourth-order valence-corrected chi connectivity index (χ4v) is 4.54. The van der Waals surface area contributed by atoms with Gasteiger partial charge >= 0.3 is 0 Å². The summed E-state index contributed by atoms with van der Waals surface area (Å²) in [7, 11) is 0. The summed E-state index contributed by atoms with van der Waals surface area (Å²) < 4.78 is 5.34. The molecule has 2 amide bonds. The molecule has 1 aromatic carbocycles. The van der Waals surface area contributed by atoms with Crippen LogP contribution in [0.25, 0.3) is 0 Å². The third-order valence-corrected chi connectivity index (χ3v) is 6.03. The summed E-state index contributed by atoms with van der Waals surface area (Å²) in [6, 6.07) is 10.3. The minimum absolute atomic E-state index is 0.0152. The van der Waals surface area contributed by atoms with Crippen molar-refractivity contribution >= 4 is 11.8 Å². The molecule has 128 valence electrons. The molecule has 24 heavy (non-hydrogen) atoms. The van der Waals surface area contributed by atoms with Crippen LogP contribution in [0.4, 0.5) is 0 Å². The van der Waals surface area contributed by atoms with Gasteiger partial charge in [-0.2, -0.15) is 0 Å². The van der Waals surface area contributed by atoms with Gasteiger partial charge < -0.3 is 15.0 Å². The smallest absolute Gasteiger partial charge is 0.228 e. The number of benzene rings is 1. The second-order valence-corrected chi connectivity index (χ2v) is 7.22. The van der Waals surface area contributed by atoms with E-state index in [0.717, 1.165) is 19.3 Å². The van der Waals surface area contributed by atoms with E-state index in [1.54, 1.807) is 0 Å². The lowest BCUT2D eigenvalue weighted by Gasteiger charge is -2.41. The number of nitrogens with one attached hydrogen (secondary N) is 1. The summed E-state index contributed by atoms with van der Waals surface area (Å²) in [5.41, 5.74) is 0.865. The maximum absolute atomic E-state index is 12.6. The van der Waals surface area contributed by atoms with Crippen molar-refractivity contribution in [3.05, 3.63) is 35.9 Å². The lowest BCUT2D eigenvalue weighted by atomic mass is 9.68. The Hall–Kier alpha value is -1.88. The lowest BCUT2D eigenvalue weighted by molar-refractivity contribution is -0.141. The fourth-order valence-electron chi connectivity index (χ4n) is 4.54. The molecule has 3 aliphatic heterocycles. The van der Waals surface area contributed by atoms with E-state index in [2.05, 4.69) is 17.4 Å². The normalized spacial score (nSPS) is 29.0. The van der Waals surface area contributed by atoms with Crippen molar-refractivity contribution in [1.29, 1.82) is 0 Å². The van der Waals surface area contributed by atoms with Gasteiger partial charge in [-0.05, 0) is 24.8 Å². The van der Waals surface area contributed by atoms with Crippen molar-refractivity contribution in [3.8, 4) is 0 Å². The van der Waals surface area contributed by atoms with E-state index in [9.17, 15) is 9.59 Å². The zero-order valence-corrected chi connectivity index (χ0v) is 13.9. The fraction of sp³-hybridized carbons (Fsp3) is 0.579. The Kier molecular flexibility index (Phi) is 4.04. The Balaban J connectivity index is 1.49. The van der Waals surface area contributed by atoms with Gasteiger partial charge in [0.05, 0.1) is 17.9 Å². The van der Waals surface area contributed by atoms with Gasteiger partial charge in [-0.25, -0.2) is 0 Å². The number of hydrogen-bond acceptors (Lipinski definition) is 3. The molecule has 4 rings (SSSR count). The summed E-state index contributed by atoms with van der Waals surface area (Å²) >= 11 is 0. The number of likely N-dealkylation sites (tertiary alicyclic amines) is 1. The Morgan fingerprint density at radius 3 is 2.62 bits per heavy atom. The molecule has 5 heteroatoms. The van der Waals surface area contributed by atoms with Crippen LogP contribution in [0, 0.1) is 11.3 Å². The van der Waals surface area contributed by atoms with Crippen LogP contribution in [0.2, 0.25) is 0 Å². The molecular formula is C19H24N2O3. The minimum Gasteiger partial charge on any atom is -0.381 e. The number of carbonyl (C=O) groups excluding carboxylic acids is 2. The number of piperidine rings is 1. The van der Waals surface area contributed by atoms with Crippen LogP contribution in [-0.4, -0.2) is 49.6 Å². The second-order valence-electron chi connectivity index (χ2n) is 7.22. The highest BCUT2D eigenvalue weighted by Gasteiger charge is 2.52. The van der Waals surface area contributed by atoms with Crippen LogP contribution in [-0.2, 0) is 14.3 Å². The number of amides is 2. The van der Waals surface area contributed by atoms with Crippen molar-refractivity contribution < 1.29 is 14.3 Å². The van der Waals surface area contributed by atoms with Gasteiger partial charge in [-0.15, -0.1) is 0 Å². The molecule has 3 fully saturated rings. The number of nitrogens with zero attached hydrogens (tertiary/aromatic N) is 1. The monoisotopic (exact) mass is 328 g/mol. The molecule has 0 aromatic heterocycles. The number of carbonyl (C=O) groups is 2.